The summed E-state index contributed by atoms with van der Waals surface area (Å²) < 4.78 is 51.9. The van der Waals surface area contributed by atoms with Gasteiger partial charge in [0.15, 0.2) is 5.78 Å². The second-order valence-corrected chi connectivity index (χ2v) is 6.70. The Labute approximate surface area is 153 Å². The molecule has 0 amide bonds. The number of pyridine rings is 1. The van der Waals surface area contributed by atoms with Gasteiger partial charge in [-0.25, -0.2) is 4.39 Å². The molecule has 0 saturated heterocycles. The second-order valence-electron chi connectivity index (χ2n) is 6.70. The zero-order valence-corrected chi connectivity index (χ0v) is 14.3. The van der Waals surface area contributed by atoms with E-state index in [4.69, 9.17) is 0 Å². The van der Waals surface area contributed by atoms with Gasteiger partial charge in [-0.2, -0.15) is 18.4 Å². The molecule has 2 aromatic rings. The lowest BCUT2D eigenvalue weighted by Crippen LogP contribution is -2.37. The van der Waals surface area contributed by atoms with Gasteiger partial charge in [0.25, 0.3) is 0 Å². The third-order valence-electron chi connectivity index (χ3n) is 5.11. The van der Waals surface area contributed by atoms with Gasteiger partial charge in [0.05, 0.1) is 22.7 Å². The van der Waals surface area contributed by atoms with Crippen LogP contribution < -0.4 is 0 Å². The van der Waals surface area contributed by atoms with Crippen LogP contribution in [0.1, 0.15) is 48.4 Å². The molecular formula is C20H16F4N2O. The molecule has 0 bridgehead atoms. The van der Waals surface area contributed by atoms with E-state index in [2.05, 4.69) is 4.98 Å². The highest BCUT2D eigenvalue weighted by molar-refractivity contribution is 5.97. The van der Waals surface area contributed by atoms with Gasteiger partial charge in [-0.1, -0.05) is 25.0 Å². The Bertz CT molecular complexity index is 878. The third-order valence-corrected chi connectivity index (χ3v) is 5.11. The van der Waals surface area contributed by atoms with Crippen LogP contribution in [0.3, 0.4) is 0 Å². The van der Waals surface area contributed by atoms with Crippen LogP contribution in [0.2, 0.25) is 0 Å². The predicted molar refractivity (Wildman–Crippen MR) is 89.1 cm³/mol. The number of hydrogen-bond donors (Lipinski definition) is 0. The second kappa shape index (κ2) is 7.10. The molecule has 0 aliphatic heterocycles. The van der Waals surface area contributed by atoms with E-state index in [1.54, 1.807) is 6.07 Å². The van der Waals surface area contributed by atoms with Crippen molar-refractivity contribution in [2.45, 2.75) is 43.2 Å². The van der Waals surface area contributed by atoms with Crippen LogP contribution in [0.5, 0.6) is 0 Å². The molecule has 0 N–H and O–H groups in total. The highest BCUT2D eigenvalue weighted by Crippen LogP contribution is 2.45. The van der Waals surface area contributed by atoms with Gasteiger partial charge in [0.1, 0.15) is 11.7 Å². The van der Waals surface area contributed by atoms with Crippen molar-refractivity contribution in [1.82, 2.24) is 4.98 Å². The maximum Gasteiger partial charge on any atom is 0.417 e. The molecule has 1 aliphatic rings. The lowest BCUT2D eigenvalue weighted by Gasteiger charge is -2.30. The topological polar surface area (TPSA) is 53.8 Å². The number of nitriles is 1. The fourth-order valence-corrected chi connectivity index (χ4v) is 3.72. The van der Waals surface area contributed by atoms with E-state index in [1.807, 2.05) is 6.07 Å². The quantitative estimate of drug-likeness (QED) is 0.711. The summed E-state index contributed by atoms with van der Waals surface area (Å²) in [6.07, 6.45) is -1.49. The van der Waals surface area contributed by atoms with E-state index >= 15 is 0 Å². The fraction of sp³-hybridized carbons (Fsp3) is 0.350. The number of benzene rings is 1. The maximum atomic E-state index is 13.7. The van der Waals surface area contributed by atoms with E-state index in [9.17, 15) is 27.6 Å². The Morgan fingerprint density at radius 3 is 2.41 bits per heavy atom. The largest absolute Gasteiger partial charge is 0.417 e. The standard InChI is InChI=1S/C20H16F4N2O/c21-15-5-3-4-13(10-15)19(8-1-2-9-19)18(27)16(11-25)17-7-6-14(12-26-17)20(22,23)24/h3-7,10,12,16H,1-2,8-9H2. The number of rotatable bonds is 4. The van der Waals surface area contributed by atoms with Crippen molar-refractivity contribution in [3.8, 4) is 6.07 Å². The Kier molecular flexibility index (Phi) is 5.01. The number of carbonyl (C=O) groups excluding carboxylic acids is 1. The van der Waals surface area contributed by atoms with Crippen LogP contribution in [-0.4, -0.2) is 10.8 Å². The van der Waals surface area contributed by atoms with Crippen LogP contribution in [-0.2, 0) is 16.4 Å². The van der Waals surface area contributed by atoms with E-state index in [0.29, 0.717) is 24.6 Å². The minimum atomic E-state index is -4.55. The highest BCUT2D eigenvalue weighted by atomic mass is 19.4. The smallest absolute Gasteiger partial charge is 0.297 e. The minimum Gasteiger partial charge on any atom is -0.297 e. The average molecular weight is 376 g/mol. The van der Waals surface area contributed by atoms with Gasteiger partial charge in [-0.3, -0.25) is 9.78 Å². The number of carbonyl (C=O) groups is 1. The normalized spacial score (nSPS) is 17.3. The molecule has 1 fully saturated rings. The number of alkyl halides is 3. The number of ketones is 1. The Morgan fingerprint density at radius 2 is 1.89 bits per heavy atom. The molecule has 3 rings (SSSR count). The van der Waals surface area contributed by atoms with E-state index in [-0.39, 0.29) is 5.69 Å². The summed E-state index contributed by atoms with van der Waals surface area (Å²) in [6, 6.07) is 9.47. The number of aromatic nitrogens is 1. The lowest BCUT2D eigenvalue weighted by atomic mass is 9.71. The number of hydrogen-bond acceptors (Lipinski definition) is 3. The minimum absolute atomic E-state index is 0.0295. The maximum absolute atomic E-state index is 13.7. The van der Waals surface area contributed by atoms with Crippen LogP contribution in [0, 0.1) is 17.1 Å². The first kappa shape index (κ1) is 19.0. The summed E-state index contributed by atoms with van der Waals surface area (Å²) in [5.74, 6) is -2.23. The van der Waals surface area contributed by atoms with Crippen molar-refractivity contribution >= 4 is 5.78 Å². The fourth-order valence-electron chi connectivity index (χ4n) is 3.72. The monoisotopic (exact) mass is 376 g/mol. The first-order chi connectivity index (χ1) is 12.8. The SMILES string of the molecule is N#CC(C(=O)C1(c2cccc(F)c2)CCCC1)c1ccc(C(F)(F)F)cn1. The van der Waals surface area contributed by atoms with E-state index in [1.165, 1.54) is 18.2 Å². The summed E-state index contributed by atoms with van der Waals surface area (Å²) in [5, 5.41) is 9.55. The predicted octanol–water partition coefficient (Wildman–Crippen LogP) is 4.93. The molecule has 1 saturated carbocycles. The molecule has 0 radical (unpaired) electrons. The van der Waals surface area contributed by atoms with Crippen molar-refractivity contribution in [2.75, 3.05) is 0 Å². The van der Waals surface area contributed by atoms with Gasteiger partial charge in [-0.15, -0.1) is 0 Å². The van der Waals surface area contributed by atoms with Crippen LogP contribution in [0.15, 0.2) is 42.6 Å². The zero-order chi connectivity index (χ0) is 19.7. The summed E-state index contributed by atoms with van der Waals surface area (Å²) in [5.41, 5.74) is -1.50. The number of nitrogens with zero attached hydrogens (tertiary/aromatic N) is 2. The van der Waals surface area contributed by atoms with Crippen LogP contribution >= 0.6 is 0 Å². The van der Waals surface area contributed by atoms with Crippen molar-refractivity contribution in [3.05, 3.63) is 65.2 Å². The molecule has 1 heterocycles. The Balaban J connectivity index is 1.99. The average Bonchev–Trinajstić information content (AvgIpc) is 3.13. The molecular weight excluding hydrogens is 360 g/mol. The van der Waals surface area contributed by atoms with Crippen molar-refractivity contribution in [1.29, 1.82) is 5.26 Å². The molecule has 1 aliphatic carbocycles. The van der Waals surface area contributed by atoms with Gasteiger partial charge in [0, 0.05) is 6.20 Å². The van der Waals surface area contributed by atoms with Gasteiger partial charge >= 0.3 is 6.18 Å². The van der Waals surface area contributed by atoms with Crippen LogP contribution in [0.25, 0.3) is 0 Å². The lowest BCUT2D eigenvalue weighted by molar-refractivity contribution is -0.137. The van der Waals surface area contributed by atoms with Crippen molar-refractivity contribution in [2.24, 2.45) is 0 Å². The molecule has 140 valence electrons. The molecule has 1 atom stereocenters. The van der Waals surface area contributed by atoms with Gasteiger partial charge < -0.3 is 0 Å². The number of halogens is 4. The molecule has 1 aromatic carbocycles. The first-order valence-corrected chi connectivity index (χ1v) is 8.51. The Hall–Kier alpha value is -2.75. The van der Waals surface area contributed by atoms with E-state index < -0.39 is 34.7 Å². The molecule has 27 heavy (non-hydrogen) atoms. The highest BCUT2D eigenvalue weighted by Gasteiger charge is 2.46. The summed E-state index contributed by atoms with van der Waals surface area (Å²) >= 11 is 0. The van der Waals surface area contributed by atoms with E-state index in [0.717, 1.165) is 25.0 Å². The van der Waals surface area contributed by atoms with Gasteiger partial charge in [0.2, 0.25) is 0 Å². The van der Waals surface area contributed by atoms with Crippen molar-refractivity contribution < 1.29 is 22.4 Å². The summed E-state index contributed by atoms with van der Waals surface area (Å²) in [7, 11) is 0. The Morgan fingerprint density at radius 1 is 1.19 bits per heavy atom. The molecule has 7 heteroatoms. The zero-order valence-electron chi connectivity index (χ0n) is 14.3. The van der Waals surface area contributed by atoms with Crippen LogP contribution in [0.4, 0.5) is 17.6 Å². The first-order valence-electron chi connectivity index (χ1n) is 8.51. The summed E-state index contributed by atoms with van der Waals surface area (Å²) in [6.45, 7) is 0. The molecule has 0 spiro atoms. The third kappa shape index (κ3) is 3.57. The van der Waals surface area contributed by atoms with Crippen molar-refractivity contribution in [3.63, 3.8) is 0 Å². The molecule has 3 nitrogen and oxygen atoms in total. The molecule has 1 aromatic heterocycles. The molecule has 1 unspecified atom stereocenters. The summed E-state index contributed by atoms with van der Waals surface area (Å²) in [4.78, 5) is 17.0. The van der Waals surface area contributed by atoms with Gasteiger partial charge in [-0.05, 0) is 42.7 Å². The number of Topliss-reactive ketones (excluding diaryl/α,β-unsaturated/α-hetero) is 1.